The smallest absolute Gasteiger partial charge is 0.00827 e. The van der Waals surface area contributed by atoms with Crippen LogP contribution in [0, 0.1) is 0 Å². The quantitative estimate of drug-likeness (QED) is 0.620. The van der Waals surface area contributed by atoms with Gasteiger partial charge in [0.1, 0.15) is 0 Å². The second-order valence-corrected chi connectivity index (χ2v) is 4.20. The fraction of sp³-hybridized carbons (Fsp3) is 1.00. The molecule has 0 bridgehead atoms. The van der Waals surface area contributed by atoms with Crippen LogP contribution in [-0.4, -0.2) is 30.6 Å². The maximum Gasteiger partial charge on any atom is 0.00827 e. The monoisotopic (exact) mass is 174 g/mol. The lowest BCUT2D eigenvalue weighted by atomic mass is 10.2. The van der Waals surface area contributed by atoms with Crippen molar-refractivity contribution in [1.29, 1.82) is 0 Å². The fourth-order valence-electron chi connectivity index (χ4n) is 1.57. The highest BCUT2D eigenvalue weighted by Crippen LogP contribution is 2.16. The zero-order chi connectivity index (χ0) is 8.10. The number of rotatable bonds is 4. The molecule has 0 spiro atoms. The lowest BCUT2D eigenvalue weighted by Crippen LogP contribution is -2.30. The molecule has 11 heavy (non-hydrogen) atoms. The van der Waals surface area contributed by atoms with Gasteiger partial charge < -0.3 is 11.1 Å². The Morgan fingerprint density at radius 2 is 2.36 bits per heavy atom. The van der Waals surface area contributed by atoms with E-state index in [0.29, 0.717) is 12.1 Å². The number of thioether (sulfide) groups is 1. The second kappa shape index (κ2) is 5.01. The van der Waals surface area contributed by atoms with E-state index in [0.717, 1.165) is 6.54 Å². The molecule has 2 atom stereocenters. The van der Waals surface area contributed by atoms with Crippen molar-refractivity contribution in [1.82, 2.24) is 5.32 Å². The molecule has 0 saturated heterocycles. The maximum absolute atomic E-state index is 5.78. The molecule has 3 N–H and O–H groups in total. The van der Waals surface area contributed by atoms with Gasteiger partial charge in [-0.05, 0) is 25.5 Å². The molecule has 3 heteroatoms. The van der Waals surface area contributed by atoms with Crippen LogP contribution in [0.4, 0.5) is 0 Å². The number of nitrogens with one attached hydrogen (secondary N) is 1. The Hall–Kier alpha value is 0.270. The lowest BCUT2D eigenvalue weighted by Gasteiger charge is -2.10. The van der Waals surface area contributed by atoms with Gasteiger partial charge in [-0.3, -0.25) is 0 Å². The van der Waals surface area contributed by atoms with Gasteiger partial charge in [0, 0.05) is 24.4 Å². The van der Waals surface area contributed by atoms with Crippen LogP contribution in [0.2, 0.25) is 0 Å². The van der Waals surface area contributed by atoms with Gasteiger partial charge in [-0.1, -0.05) is 0 Å². The minimum Gasteiger partial charge on any atom is -0.328 e. The summed E-state index contributed by atoms with van der Waals surface area (Å²) >= 11 is 1.89. The van der Waals surface area contributed by atoms with Crippen LogP contribution in [-0.2, 0) is 0 Å². The van der Waals surface area contributed by atoms with E-state index in [2.05, 4.69) is 11.6 Å². The van der Waals surface area contributed by atoms with Gasteiger partial charge in [0.05, 0.1) is 0 Å². The average molecular weight is 174 g/mol. The van der Waals surface area contributed by atoms with Crippen molar-refractivity contribution >= 4 is 11.8 Å². The summed E-state index contributed by atoms with van der Waals surface area (Å²) in [4.78, 5) is 0. The van der Waals surface area contributed by atoms with Crippen LogP contribution in [0.3, 0.4) is 0 Å². The van der Waals surface area contributed by atoms with Crippen LogP contribution in [0.5, 0.6) is 0 Å². The van der Waals surface area contributed by atoms with Gasteiger partial charge in [-0.2, -0.15) is 11.8 Å². The first kappa shape index (κ1) is 9.36. The molecule has 1 fully saturated rings. The number of hydrogen-bond acceptors (Lipinski definition) is 3. The van der Waals surface area contributed by atoms with Crippen molar-refractivity contribution in [3.63, 3.8) is 0 Å². The summed E-state index contributed by atoms with van der Waals surface area (Å²) in [6.07, 6.45) is 5.79. The highest BCUT2D eigenvalue weighted by molar-refractivity contribution is 7.98. The third-order valence-corrected chi connectivity index (χ3v) is 2.82. The molecule has 0 radical (unpaired) electrons. The molecule has 66 valence electrons. The van der Waals surface area contributed by atoms with E-state index in [4.69, 9.17) is 5.73 Å². The molecular formula is C8H18N2S. The van der Waals surface area contributed by atoms with Gasteiger partial charge in [0.15, 0.2) is 0 Å². The number of nitrogens with two attached hydrogens (primary N) is 1. The van der Waals surface area contributed by atoms with Gasteiger partial charge in [0.25, 0.3) is 0 Å². The first-order chi connectivity index (χ1) is 5.33. The third-order valence-electron chi connectivity index (χ3n) is 2.21. The van der Waals surface area contributed by atoms with Gasteiger partial charge >= 0.3 is 0 Å². The predicted octanol–water partition coefficient (Wildman–Crippen LogP) is 0.819. The standard InChI is InChI=1S/C8H18N2S/c1-11-5-4-10-8-3-2-7(9)6-8/h7-8,10H,2-6,9H2,1H3. The second-order valence-electron chi connectivity index (χ2n) is 3.22. The molecule has 1 aliphatic carbocycles. The Labute approximate surface area is 73.3 Å². The SMILES string of the molecule is CSCCNC1CCC(N)C1. The highest BCUT2D eigenvalue weighted by Gasteiger charge is 2.20. The Kier molecular flexibility index (Phi) is 4.26. The molecule has 1 aliphatic rings. The molecule has 0 aromatic carbocycles. The molecular weight excluding hydrogens is 156 g/mol. The largest absolute Gasteiger partial charge is 0.328 e. The molecule has 0 amide bonds. The van der Waals surface area contributed by atoms with Gasteiger partial charge in [-0.15, -0.1) is 0 Å². The first-order valence-electron chi connectivity index (χ1n) is 4.31. The first-order valence-corrected chi connectivity index (χ1v) is 5.70. The molecule has 0 aromatic heterocycles. The van der Waals surface area contributed by atoms with Crippen molar-refractivity contribution in [2.75, 3.05) is 18.6 Å². The van der Waals surface area contributed by atoms with Crippen molar-refractivity contribution in [3.8, 4) is 0 Å². The van der Waals surface area contributed by atoms with E-state index >= 15 is 0 Å². The topological polar surface area (TPSA) is 38.0 Å². The van der Waals surface area contributed by atoms with Crippen molar-refractivity contribution in [2.24, 2.45) is 5.73 Å². The summed E-state index contributed by atoms with van der Waals surface area (Å²) < 4.78 is 0. The summed E-state index contributed by atoms with van der Waals surface area (Å²) in [6, 6.07) is 1.17. The molecule has 2 unspecified atom stereocenters. The Morgan fingerprint density at radius 3 is 2.91 bits per heavy atom. The minimum absolute atomic E-state index is 0.460. The molecule has 0 aromatic rings. The van der Waals surface area contributed by atoms with E-state index in [1.807, 2.05) is 11.8 Å². The van der Waals surface area contributed by atoms with E-state index in [1.54, 1.807) is 0 Å². The van der Waals surface area contributed by atoms with Crippen molar-refractivity contribution in [2.45, 2.75) is 31.3 Å². The lowest BCUT2D eigenvalue weighted by molar-refractivity contribution is 0.536. The summed E-state index contributed by atoms with van der Waals surface area (Å²) in [5, 5.41) is 3.51. The number of hydrogen-bond donors (Lipinski definition) is 2. The van der Waals surface area contributed by atoms with Crippen LogP contribution in [0.15, 0.2) is 0 Å². The molecule has 2 nitrogen and oxygen atoms in total. The Bertz CT molecular complexity index is 108. The summed E-state index contributed by atoms with van der Waals surface area (Å²) in [5.41, 5.74) is 5.78. The van der Waals surface area contributed by atoms with Crippen molar-refractivity contribution in [3.05, 3.63) is 0 Å². The van der Waals surface area contributed by atoms with E-state index in [9.17, 15) is 0 Å². The van der Waals surface area contributed by atoms with Crippen LogP contribution < -0.4 is 11.1 Å². The van der Waals surface area contributed by atoms with Crippen molar-refractivity contribution < 1.29 is 0 Å². The van der Waals surface area contributed by atoms with Gasteiger partial charge in [0.2, 0.25) is 0 Å². The minimum atomic E-state index is 0.460. The fourth-order valence-corrected chi connectivity index (χ4v) is 1.89. The van der Waals surface area contributed by atoms with E-state index in [-0.39, 0.29) is 0 Å². The van der Waals surface area contributed by atoms with E-state index < -0.39 is 0 Å². The molecule has 1 saturated carbocycles. The highest BCUT2D eigenvalue weighted by atomic mass is 32.2. The van der Waals surface area contributed by atoms with Crippen LogP contribution in [0.25, 0.3) is 0 Å². The summed E-state index contributed by atoms with van der Waals surface area (Å²) in [5.74, 6) is 1.21. The predicted molar refractivity (Wildman–Crippen MR) is 52.0 cm³/mol. The maximum atomic E-state index is 5.78. The molecule has 0 heterocycles. The van der Waals surface area contributed by atoms with E-state index in [1.165, 1.54) is 25.0 Å². The van der Waals surface area contributed by atoms with Crippen LogP contribution >= 0.6 is 11.8 Å². The summed E-state index contributed by atoms with van der Waals surface area (Å²) in [7, 11) is 0. The van der Waals surface area contributed by atoms with Crippen LogP contribution in [0.1, 0.15) is 19.3 Å². The average Bonchev–Trinajstić information content (AvgIpc) is 2.37. The zero-order valence-electron chi connectivity index (χ0n) is 7.18. The summed E-state index contributed by atoms with van der Waals surface area (Å²) in [6.45, 7) is 1.14. The Morgan fingerprint density at radius 1 is 1.55 bits per heavy atom. The third kappa shape index (κ3) is 3.45. The Balaban J connectivity index is 1.99. The molecule has 1 rings (SSSR count). The van der Waals surface area contributed by atoms with Gasteiger partial charge in [-0.25, -0.2) is 0 Å². The zero-order valence-corrected chi connectivity index (χ0v) is 7.99. The normalized spacial score (nSPS) is 31.1. The molecule has 0 aliphatic heterocycles.